The minimum absolute atomic E-state index is 0.221. The van der Waals surface area contributed by atoms with Gasteiger partial charge in [-0.3, -0.25) is 4.79 Å². The van der Waals surface area contributed by atoms with Crippen LogP contribution in [-0.4, -0.2) is 44.8 Å². The van der Waals surface area contributed by atoms with E-state index in [9.17, 15) is 9.90 Å². The molecule has 39 heavy (non-hydrogen) atoms. The highest BCUT2D eigenvalue weighted by molar-refractivity contribution is 7.18. The molecular weight excluding hydrogens is 522 g/mol. The van der Waals surface area contributed by atoms with Crippen molar-refractivity contribution in [2.75, 3.05) is 19.5 Å². The Bertz CT molecular complexity index is 1790. The minimum atomic E-state index is -0.362. The Morgan fingerprint density at radius 2 is 2.03 bits per heavy atom. The monoisotopic (exact) mass is 543 g/mol. The number of carbonyl (C=O) groups is 1. The van der Waals surface area contributed by atoms with Gasteiger partial charge < -0.3 is 29.1 Å². The SMILES string of the molecule is COc1cc(OCc2cccc(NC(=O)c3ccnc(O)c3)c2)c2cc(-c3cn4nc(OC)sc4n3)oc2c1. The molecule has 196 valence electrons. The Kier molecular flexibility index (Phi) is 6.21. The van der Waals surface area contributed by atoms with E-state index in [-0.39, 0.29) is 18.4 Å². The van der Waals surface area contributed by atoms with E-state index in [0.717, 1.165) is 10.9 Å². The zero-order valence-electron chi connectivity index (χ0n) is 20.7. The fourth-order valence-corrected chi connectivity index (χ4v) is 4.69. The van der Waals surface area contributed by atoms with Crippen molar-refractivity contribution in [3.05, 3.63) is 78.1 Å². The number of anilines is 1. The van der Waals surface area contributed by atoms with E-state index >= 15 is 0 Å². The number of methoxy groups -OCH3 is 2. The first-order chi connectivity index (χ1) is 19.0. The summed E-state index contributed by atoms with van der Waals surface area (Å²) >= 11 is 1.33. The van der Waals surface area contributed by atoms with Crippen molar-refractivity contribution in [2.24, 2.45) is 0 Å². The lowest BCUT2D eigenvalue weighted by molar-refractivity contribution is 0.102. The number of carbonyl (C=O) groups excluding carboxylic acids is 1. The lowest BCUT2D eigenvalue weighted by atomic mass is 10.2. The summed E-state index contributed by atoms with van der Waals surface area (Å²) in [5.41, 5.74) is 2.93. The molecule has 0 atom stereocenters. The molecule has 0 aliphatic heterocycles. The van der Waals surface area contributed by atoms with E-state index in [4.69, 9.17) is 18.6 Å². The molecule has 0 spiro atoms. The van der Waals surface area contributed by atoms with Crippen LogP contribution in [0.3, 0.4) is 0 Å². The summed E-state index contributed by atoms with van der Waals surface area (Å²) in [6.07, 6.45) is 3.14. The first-order valence-electron chi connectivity index (χ1n) is 11.7. The molecular formula is C27H21N5O6S. The molecule has 4 heterocycles. The molecule has 0 unspecified atom stereocenters. The van der Waals surface area contributed by atoms with Gasteiger partial charge in [0.25, 0.3) is 11.1 Å². The van der Waals surface area contributed by atoms with Gasteiger partial charge >= 0.3 is 0 Å². The Balaban J connectivity index is 1.23. The van der Waals surface area contributed by atoms with Crippen molar-refractivity contribution < 1.29 is 28.5 Å². The number of imidazole rings is 1. The zero-order chi connectivity index (χ0) is 26.9. The smallest absolute Gasteiger partial charge is 0.294 e. The second kappa shape index (κ2) is 9.99. The molecule has 2 N–H and O–H groups in total. The highest BCUT2D eigenvalue weighted by atomic mass is 32.1. The van der Waals surface area contributed by atoms with Gasteiger partial charge in [0.1, 0.15) is 29.4 Å². The van der Waals surface area contributed by atoms with Gasteiger partial charge in [0.2, 0.25) is 10.8 Å². The van der Waals surface area contributed by atoms with Crippen molar-refractivity contribution in [3.63, 3.8) is 0 Å². The van der Waals surface area contributed by atoms with Gasteiger partial charge in [0, 0.05) is 35.6 Å². The molecule has 11 nitrogen and oxygen atoms in total. The number of ether oxygens (including phenoxy) is 3. The second-order valence-electron chi connectivity index (χ2n) is 8.42. The largest absolute Gasteiger partial charge is 0.496 e. The van der Waals surface area contributed by atoms with Crippen LogP contribution in [0.25, 0.3) is 27.4 Å². The molecule has 6 aromatic rings. The minimum Gasteiger partial charge on any atom is -0.496 e. The predicted octanol–water partition coefficient (Wildman–Crippen LogP) is 5.15. The van der Waals surface area contributed by atoms with Crippen LogP contribution in [0.4, 0.5) is 5.69 Å². The number of rotatable bonds is 8. The van der Waals surface area contributed by atoms with E-state index in [2.05, 4.69) is 20.4 Å². The fourth-order valence-electron chi connectivity index (χ4n) is 3.99. The Labute approximate surface area is 225 Å². The van der Waals surface area contributed by atoms with Gasteiger partial charge in [-0.2, -0.15) is 0 Å². The number of aromatic hydroxyl groups is 1. The molecule has 0 fully saturated rings. The van der Waals surface area contributed by atoms with Crippen molar-refractivity contribution in [1.29, 1.82) is 0 Å². The van der Waals surface area contributed by atoms with E-state index in [1.54, 1.807) is 43.1 Å². The summed E-state index contributed by atoms with van der Waals surface area (Å²) in [5, 5.41) is 17.9. The molecule has 0 aliphatic rings. The van der Waals surface area contributed by atoms with Crippen molar-refractivity contribution in [1.82, 2.24) is 19.6 Å². The third-order valence-corrected chi connectivity index (χ3v) is 6.73. The average Bonchev–Trinajstić information content (AvgIpc) is 3.65. The van der Waals surface area contributed by atoms with Gasteiger partial charge in [-0.05, 0) is 41.2 Å². The summed E-state index contributed by atoms with van der Waals surface area (Å²) in [4.78, 5) is 21.5. The van der Waals surface area contributed by atoms with Gasteiger partial charge in [-0.25, -0.2) is 14.5 Å². The third kappa shape index (κ3) is 4.92. The molecule has 1 amide bonds. The molecule has 2 aromatic carbocycles. The van der Waals surface area contributed by atoms with E-state index < -0.39 is 0 Å². The van der Waals surface area contributed by atoms with Crippen LogP contribution in [0.5, 0.6) is 22.6 Å². The average molecular weight is 544 g/mol. The summed E-state index contributed by atoms with van der Waals surface area (Å²) in [6.45, 7) is 0.229. The van der Waals surface area contributed by atoms with Crippen molar-refractivity contribution >= 4 is 38.9 Å². The van der Waals surface area contributed by atoms with Crippen molar-refractivity contribution in [2.45, 2.75) is 6.61 Å². The highest BCUT2D eigenvalue weighted by Gasteiger charge is 2.17. The Morgan fingerprint density at radius 3 is 2.82 bits per heavy atom. The van der Waals surface area contributed by atoms with Crippen LogP contribution >= 0.6 is 11.3 Å². The highest BCUT2D eigenvalue weighted by Crippen LogP contribution is 2.37. The van der Waals surface area contributed by atoms with Crippen LogP contribution in [0.1, 0.15) is 15.9 Å². The summed E-state index contributed by atoms with van der Waals surface area (Å²) in [5.74, 6) is 1.13. The number of hydrogen-bond acceptors (Lipinski definition) is 10. The van der Waals surface area contributed by atoms with Gasteiger partial charge in [-0.1, -0.05) is 12.1 Å². The van der Waals surface area contributed by atoms with Crippen LogP contribution in [0.15, 0.2) is 71.4 Å². The number of nitrogens with one attached hydrogen (secondary N) is 1. The Morgan fingerprint density at radius 1 is 1.13 bits per heavy atom. The molecule has 4 aromatic heterocycles. The predicted molar refractivity (Wildman–Crippen MR) is 144 cm³/mol. The first kappa shape index (κ1) is 24.2. The van der Waals surface area contributed by atoms with Gasteiger partial charge in [-0.15, -0.1) is 5.10 Å². The topological polar surface area (TPSA) is 133 Å². The summed E-state index contributed by atoms with van der Waals surface area (Å²) in [6, 6.07) is 15.6. The quantitative estimate of drug-likeness (QED) is 0.267. The lowest BCUT2D eigenvalue weighted by Crippen LogP contribution is -2.12. The van der Waals surface area contributed by atoms with Crippen LogP contribution in [0.2, 0.25) is 0 Å². The molecule has 0 bridgehead atoms. The number of amides is 1. The lowest BCUT2D eigenvalue weighted by Gasteiger charge is -2.11. The maximum Gasteiger partial charge on any atom is 0.294 e. The van der Waals surface area contributed by atoms with E-state index in [1.165, 1.54) is 29.7 Å². The summed E-state index contributed by atoms with van der Waals surface area (Å²) in [7, 11) is 3.14. The molecule has 0 saturated carbocycles. The standard InChI is InChI=1S/C27H21N5O6S/c1-35-18-10-21(19-12-23(38-22(19)11-18)20-13-32-26(30-20)39-27(31-32)36-2)37-14-15-4-3-5-17(8-15)29-25(34)16-6-7-28-24(33)9-16/h3-13H,14H2,1-2H3,(H,28,33)(H,29,34). The third-order valence-electron chi connectivity index (χ3n) is 5.85. The number of furan rings is 1. The number of fused-ring (bicyclic) bond motifs is 2. The molecule has 0 saturated heterocycles. The number of hydrogen-bond donors (Lipinski definition) is 2. The molecule has 0 radical (unpaired) electrons. The number of nitrogens with zero attached hydrogens (tertiary/aromatic N) is 4. The van der Waals surface area contributed by atoms with Gasteiger partial charge in [0.15, 0.2) is 5.76 Å². The van der Waals surface area contributed by atoms with Crippen LogP contribution in [0, 0.1) is 0 Å². The number of aromatic nitrogens is 4. The normalized spacial score (nSPS) is 11.1. The first-order valence-corrected chi connectivity index (χ1v) is 12.5. The molecule has 0 aliphatic carbocycles. The summed E-state index contributed by atoms with van der Waals surface area (Å²) < 4.78 is 24.5. The van der Waals surface area contributed by atoms with E-state index in [1.807, 2.05) is 24.3 Å². The van der Waals surface area contributed by atoms with Crippen molar-refractivity contribution in [3.8, 4) is 34.0 Å². The molecule has 6 rings (SSSR count). The van der Waals surface area contributed by atoms with Crippen LogP contribution in [-0.2, 0) is 6.61 Å². The maximum absolute atomic E-state index is 12.5. The van der Waals surface area contributed by atoms with Gasteiger partial charge in [0.05, 0.1) is 25.8 Å². The molecule has 12 heteroatoms. The second-order valence-corrected chi connectivity index (χ2v) is 9.34. The Hall–Kier alpha value is -5.10. The maximum atomic E-state index is 12.5. The van der Waals surface area contributed by atoms with Crippen LogP contribution < -0.4 is 19.5 Å². The number of benzene rings is 2. The zero-order valence-corrected chi connectivity index (χ0v) is 21.6. The fraction of sp³-hybridized carbons (Fsp3) is 0.111. The number of pyridine rings is 1. The van der Waals surface area contributed by atoms with E-state index in [0.29, 0.717) is 49.9 Å².